The zero-order chi connectivity index (χ0) is 15.4. The van der Waals surface area contributed by atoms with Gasteiger partial charge in [-0.2, -0.15) is 0 Å². The number of benzene rings is 1. The van der Waals surface area contributed by atoms with Crippen LogP contribution < -0.4 is 9.47 Å². The van der Waals surface area contributed by atoms with Gasteiger partial charge < -0.3 is 14.6 Å². The minimum absolute atomic E-state index is 0.0237. The van der Waals surface area contributed by atoms with Crippen molar-refractivity contribution >= 4 is 21.9 Å². The Morgan fingerprint density at radius 1 is 1.38 bits per heavy atom. The summed E-state index contributed by atoms with van der Waals surface area (Å²) in [5.74, 6) is 0.632. The van der Waals surface area contributed by atoms with Gasteiger partial charge in [-0.05, 0) is 31.0 Å². The molecule has 0 radical (unpaired) electrons. The topological polar surface area (TPSA) is 59.0 Å². The number of rotatable bonds is 6. The van der Waals surface area contributed by atoms with E-state index in [-0.39, 0.29) is 12.6 Å². The third-order valence-corrected chi connectivity index (χ3v) is 4.38. The van der Waals surface area contributed by atoms with Crippen molar-refractivity contribution < 1.29 is 19.4 Å². The number of hydrogen-bond acceptors (Lipinski definition) is 4. The van der Waals surface area contributed by atoms with Gasteiger partial charge >= 0.3 is 5.97 Å². The number of hydrogen-bond donors (Lipinski definition) is 1. The first kappa shape index (κ1) is 16.1. The lowest BCUT2D eigenvalue weighted by Crippen LogP contribution is -2.36. The van der Waals surface area contributed by atoms with E-state index in [1.807, 2.05) is 24.0 Å². The van der Waals surface area contributed by atoms with Crippen LogP contribution in [0, 0.1) is 0 Å². The minimum atomic E-state index is -0.816. The van der Waals surface area contributed by atoms with Crippen LogP contribution in [0.3, 0.4) is 0 Å². The van der Waals surface area contributed by atoms with Crippen LogP contribution in [0.5, 0.6) is 11.5 Å². The fraction of sp³-hybridized carbons (Fsp3) is 0.533. The maximum absolute atomic E-state index is 11.0. The van der Waals surface area contributed by atoms with E-state index < -0.39 is 5.97 Å². The van der Waals surface area contributed by atoms with Crippen LogP contribution in [-0.2, 0) is 11.3 Å². The molecule has 1 aliphatic heterocycles. The van der Waals surface area contributed by atoms with E-state index >= 15 is 0 Å². The van der Waals surface area contributed by atoms with Crippen molar-refractivity contribution in [3.05, 3.63) is 22.2 Å². The molecule has 1 aromatic carbocycles. The van der Waals surface area contributed by atoms with Crippen molar-refractivity contribution in [3.63, 3.8) is 0 Å². The van der Waals surface area contributed by atoms with Crippen LogP contribution in [0.25, 0.3) is 0 Å². The van der Waals surface area contributed by atoms with Gasteiger partial charge in [-0.1, -0.05) is 22.9 Å². The van der Waals surface area contributed by atoms with Crippen molar-refractivity contribution in [2.24, 2.45) is 0 Å². The van der Waals surface area contributed by atoms with Crippen LogP contribution in [-0.4, -0.2) is 41.8 Å². The molecule has 6 heteroatoms. The average Bonchev–Trinajstić information content (AvgIpc) is 2.46. The van der Waals surface area contributed by atoms with Gasteiger partial charge in [0.05, 0.1) is 6.54 Å². The molecular formula is C15H20BrNO4. The van der Waals surface area contributed by atoms with E-state index in [4.69, 9.17) is 14.6 Å². The zero-order valence-corrected chi connectivity index (χ0v) is 13.9. The smallest absolute Gasteiger partial charge is 0.317 e. The number of carbonyl (C=O) groups is 1. The molecule has 0 aromatic heterocycles. The summed E-state index contributed by atoms with van der Waals surface area (Å²) >= 11 is 3.53. The molecule has 1 heterocycles. The summed E-state index contributed by atoms with van der Waals surface area (Å²) < 4.78 is 12.0. The van der Waals surface area contributed by atoms with Crippen LogP contribution in [0.2, 0.25) is 0 Å². The van der Waals surface area contributed by atoms with Crippen LogP contribution in [0.4, 0.5) is 0 Å². The van der Waals surface area contributed by atoms with Gasteiger partial charge in [0.25, 0.3) is 0 Å². The number of fused-ring (bicyclic) bond motifs is 1. The van der Waals surface area contributed by atoms with Gasteiger partial charge in [0, 0.05) is 17.1 Å². The van der Waals surface area contributed by atoms with E-state index in [1.165, 1.54) is 0 Å². The first-order chi connectivity index (χ1) is 10.0. The summed E-state index contributed by atoms with van der Waals surface area (Å²) in [5, 5.41) is 9.07. The van der Waals surface area contributed by atoms with E-state index in [0.29, 0.717) is 19.8 Å². The summed E-state index contributed by atoms with van der Waals surface area (Å²) in [4.78, 5) is 13.0. The molecule has 1 aromatic rings. The van der Waals surface area contributed by atoms with Crippen LogP contribution >= 0.6 is 15.9 Å². The molecule has 0 amide bonds. The highest BCUT2D eigenvalue weighted by atomic mass is 79.9. The molecular weight excluding hydrogens is 338 g/mol. The van der Waals surface area contributed by atoms with Gasteiger partial charge in [-0.15, -0.1) is 0 Å². The summed E-state index contributed by atoms with van der Waals surface area (Å²) in [7, 11) is 0. The Bertz CT molecular complexity index is 521. The average molecular weight is 358 g/mol. The Hall–Kier alpha value is -1.27. The first-order valence-electron chi connectivity index (χ1n) is 7.05. The third kappa shape index (κ3) is 4.11. The van der Waals surface area contributed by atoms with Crippen LogP contribution in [0.15, 0.2) is 16.6 Å². The molecule has 0 spiro atoms. The van der Waals surface area contributed by atoms with Gasteiger partial charge in [-0.25, -0.2) is 0 Å². The molecule has 0 aliphatic carbocycles. The predicted molar refractivity (Wildman–Crippen MR) is 82.9 cm³/mol. The number of halogens is 1. The number of nitrogens with zero attached hydrogens (tertiary/aromatic N) is 1. The van der Waals surface area contributed by atoms with Crippen molar-refractivity contribution in [1.29, 1.82) is 0 Å². The molecule has 5 nitrogen and oxygen atoms in total. The normalized spacial score (nSPS) is 15.0. The van der Waals surface area contributed by atoms with Crippen molar-refractivity contribution in [2.45, 2.75) is 32.9 Å². The van der Waals surface area contributed by atoms with Gasteiger partial charge in [0.15, 0.2) is 11.5 Å². The maximum Gasteiger partial charge on any atom is 0.317 e. The Balaban J connectivity index is 2.21. The highest BCUT2D eigenvalue weighted by molar-refractivity contribution is 9.10. The fourth-order valence-electron chi connectivity index (χ4n) is 2.25. The summed E-state index contributed by atoms with van der Waals surface area (Å²) in [5.41, 5.74) is 1.00. The van der Waals surface area contributed by atoms with E-state index in [1.54, 1.807) is 0 Å². The summed E-state index contributed by atoms with van der Waals surface area (Å²) in [6.07, 6.45) is 0.898. The lowest BCUT2D eigenvalue weighted by Gasteiger charge is -2.28. The zero-order valence-electron chi connectivity index (χ0n) is 12.3. The SMILES string of the molecule is CCC(C)N(CC(=O)O)Cc1cc2c(cc1Br)OCCO2. The van der Waals surface area contributed by atoms with E-state index in [9.17, 15) is 4.79 Å². The van der Waals surface area contributed by atoms with Crippen LogP contribution in [0.1, 0.15) is 25.8 Å². The highest BCUT2D eigenvalue weighted by Crippen LogP contribution is 2.36. The second-order valence-corrected chi connectivity index (χ2v) is 6.00. The molecule has 1 unspecified atom stereocenters. The fourth-order valence-corrected chi connectivity index (χ4v) is 2.69. The second-order valence-electron chi connectivity index (χ2n) is 5.14. The molecule has 0 saturated heterocycles. The highest BCUT2D eigenvalue weighted by Gasteiger charge is 2.20. The number of carboxylic acids is 1. The lowest BCUT2D eigenvalue weighted by molar-refractivity contribution is -0.139. The van der Waals surface area contributed by atoms with Gasteiger partial charge in [0.2, 0.25) is 0 Å². The summed E-state index contributed by atoms with van der Waals surface area (Å²) in [6, 6.07) is 4.01. The monoisotopic (exact) mass is 357 g/mol. The molecule has 0 bridgehead atoms. The number of ether oxygens (including phenoxy) is 2. The van der Waals surface area contributed by atoms with Crippen molar-refractivity contribution in [3.8, 4) is 11.5 Å². The molecule has 21 heavy (non-hydrogen) atoms. The van der Waals surface area contributed by atoms with Crippen molar-refractivity contribution in [1.82, 2.24) is 4.90 Å². The maximum atomic E-state index is 11.0. The third-order valence-electron chi connectivity index (χ3n) is 3.64. The Labute approximate surface area is 133 Å². The number of carboxylic acid groups (broad SMARTS) is 1. The Kier molecular flexibility index (Phi) is 5.47. The standard InChI is InChI=1S/C15H20BrNO4/c1-3-10(2)17(9-15(18)19)8-11-6-13-14(7-12(11)16)21-5-4-20-13/h6-7,10H,3-5,8-9H2,1-2H3,(H,18,19). The number of aliphatic carboxylic acids is 1. The van der Waals surface area contributed by atoms with E-state index in [0.717, 1.165) is 28.0 Å². The molecule has 116 valence electrons. The Morgan fingerprint density at radius 3 is 2.57 bits per heavy atom. The molecule has 1 aliphatic rings. The van der Waals surface area contributed by atoms with E-state index in [2.05, 4.69) is 22.9 Å². The summed E-state index contributed by atoms with van der Waals surface area (Å²) in [6.45, 7) is 5.76. The molecule has 0 fully saturated rings. The molecule has 2 rings (SSSR count). The van der Waals surface area contributed by atoms with Gasteiger partial charge in [0.1, 0.15) is 13.2 Å². The predicted octanol–water partition coefficient (Wildman–Crippen LogP) is 2.91. The van der Waals surface area contributed by atoms with Gasteiger partial charge in [-0.3, -0.25) is 9.69 Å². The minimum Gasteiger partial charge on any atom is -0.486 e. The molecule has 1 N–H and O–H groups in total. The lowest BCUT2D eigenvalue weighted by atomic mass is 10.1. The molecule has 0 saturated carbocycles. The second kappa shape index (κ2) is 7.13. The largest absolute Gasteiger partial charge is 0.486 e. The quantitative estimate of drug-likeness (QED) is 0.848. The van der Waals surface area contributed by atoms with Crippen molar-refractivity contribution in [2.75, 3.05) is 19.8 Å². The Morgan fingerprint density at radius 2 is 2.00 bits per heavy atom. The molecule has 1 atom stereocenters. The first-order valence-corrected chi connectivity index (χ1v) is 7.84.